The Hall–Kier alpha value is -2.49. The van der Waals surface area contributed by atoms with Gasteiger partial charge in [-0.25, -0.2) is 4.79 Å². The molecule has 6 rings (SSSR count). The number of carbonyl (C=O) groups excluding carboxylic acids is 1. The minimum atomic E-state index is -0.282. The van der Waals surface area contributed by atoms with Crippen molar-refractivity contribution in [2.24, 2.45) is 50.7 Å². The molecule has 0 radical (unpaired) electrons. The molecule has 1 aromatic carbocycles. The van der Waals surface area contributed by atoms with Crippen molar-refractivity contribution in [1.82, 2.24) is 0 Å². The van der Waals surface area contributed by atoms with Crippen LogP contribution in [0.25, 0.3) is 6.08 Å². The maximum Gasteiger partial charge on any atom is 0.331 e. The average molecular weight is 601 g/mol. The number of carbonyl (C=O) groups is 1. The summed E-state index contributed by atoms with van der Waals surface area (Å²) in [5.74, 6) is 3.01. The summed E-state index contributed by atoms with van der Waals surface area (Å²) < 4.78 is 11.4. The van der Waals surface area contributed by atoms with E-state index in [0.29, 0.717) is 39.2 Å². The van der Waals surface area contributed by atoms with Crippen LogP contribution < -0.4 is 4.74 Å². The largest absolute Gasteiger partial charge is 0.504 e. The SMILES string of the molecule is COc1cc(/C=C/C(=O)O[C@H]2CC[C@]34C[C@]35CC[C@]3(C)[C@@H]([C@H](C)/C=C/C=C(C)C)CC[C@@]3(C)[C@@H]5CC[C@H]4C2(C)C)ccc1O. The first-order valence-corrected chi connectivity index (χ1v) is 17.3. The molecule has 4 nitrogen and oxygen atoms in total. The van der Waals surface area contributed by atoms with E-state index in [-0.39, 0.29) is 23.2 Å². The van der Waals surface area contributed by atoms with E-state index in [4.69, 9.17) is 9.47 Å². The smallest absolute Gasteiger partial charge is 0.331 e. The molecule has 2 spiro atoms. The van der Waals surface area contributed by atoms with Gasteiger partial charge in [0.2, 0.25) is 0 Å². The van der Waals surface area contributed by atoms with Crippen LogP contribution in [0, 0.1) is 50.7 Å². The number of benzene rings is 1. The molecule has 5 saturated carbocycles. The quantitative estimate of drug-likeness (QED) is 0.192. The van der Waals surface area contributed by atoms with Gasteiger partial charge in [0.05, 0.1) is 7.11 Å². The van der Waals surface area contributed by atoms with Crippen molar-refractivity contribution < 1.29 is 19.4 Å². The van der Waals surface area contributed by atoms with Gasteiger partial charge in [0.25, 0.3) is 0 Å². The van der Waals surface area contributed by atoms with Crippen LogP contribution in [0.1, 0.15) is 112 Å². The van der Waals surface area contributed by atoms with E-state index in [1.54, 1.807) is 24.3 Å². The van der Waals surface area contributed by atoms with Crippen molar-refractivity contribution >= 4 is 12.0 Å². The number of ether oxygens (including phenoxy) is 2. The molecule has 9 atom stereocenters. The molecular formula is C40H56O4. The number of phenols is 1. The first kappa shape index (κ1) is 31.5. The van der Waals surface area contributed by atoms with E-state index in [9.17, 15) is 9.90 Å². The van der Waals surface area contributed by atoms with Gasteiger partial charge < -0.3 is 14.6 Å². The molecule has 44 heavy (non-hydrogen) atoms. The Kier molecular flexibility index (Phi) is 7.73. The van der Waals surface area contributed by atoms with Gasteiger partial charge in [0.15, 0.2) is 11.5 Å². The number of methoxy groups -OCH3 is 1. The van der Waals surface area contributed by atoms with Crippen LogP contribution >= 0.6 is 0 Å². The van der Waals surface area contributed by atoms with Gasteiger partial charge in [-0.15, -0.1) is 0 Å². The number of rotatable bonds is 7. The molecule has 0 saturated heterocycles. The summed E-state index contributed by atoms with van der Waals surface area (Å²) in [6, 6.07) is 5.08. The molecule has 0 aliphatic heterocycles. The maximum absolute atomic E-state index is 13.1. The standard InChI is InChI=1S/C40H56O4/c1-26(2)10-9-11-27(3)29-18-20-38(7)33-16-15-32-36(4,5)34(19-21-39(32)25-40(33,39)23-22-37(29,38)6)44-35(42)17-13-28-12-14-30(41)31(24-28)43-8/h9-14,17,24,27,29,32-34,41H,15-16,18-23,25H2,1-8H3/b11-9+,17-13+/t27-,29-,32+,33+,34+,37-,38+,39-,40+/m1/s1. The Morgan fingerprint density at radius 2 is 1.68 bits per heavy atom. The summed E-state index contributed by atoms with van der Waals surface area (Å²) in [5.41, 5.74) is 3.86. The van der Waals surface area contributed by atoms with E-state index < -0.39 is 0 Å². The summed E-state index contributed by atoms with van der Waals surface area (Å²) >= 11 is 0. The Morgan fingerprint density at radius 3 is 2.41 bits per heavy atom. The van der Waals surface area contributed by atoms with Crippen LogP contribution in [0.5, 0.6) is 11.5 Å². The summed E-state index contributed by atoms with van der Waals surface area (Å²) in [6.07, 6.45) is 21.9. The fourth-order valence-corrected chi connectivity index (χ4v) is 12.1. The van der Waals surface area contributed by atoms with Crippen molar-refractivity contribution in [3.63, 3.8) is 0 Å². The lowest BCUT2D eigenvalue weighted by Gasteiger charge is -2.63. The fraction of sp³-hybridized carbons (Fsp3) is 0.675. The molecule has 5 aliphatic carbocycles. The predicted molar refractivity (Wildman–Crippen MR) is 178 cm³/mol. The zero-order valence-electron chi connectivity index (χ0n) is 28.5. The summed E-state index contributed by atoms with van der Waals surface area (Å²) in [7, 11) is 1.52. The molecule has 1 N–H and O–H groups in total. The van der Waals surface area contributed by atoms with E-state index in [2.05, 4.69) is 66.7 Å². The van der Waals surface area contributed by atoms with E-state index in [1.807, 2.05) is 0 Å². The highest BCUT2D eigenvalue weighted by Gasteiger charge is 2.82. The minimum Gasteiger partial charge on any atom is -0.504 e. The number of hydrogen-bond donors (Lipinski definition) is 1. The fourth-order valence-electron chi connectivity index (χ4n) is 12.1. The summed E-state index contributed by atoms with van der Waals surface area (Å²) in [6.45, 7) is 17.0. The molecule has 0 unspecified atom stereocenters. The van der Waals surface area contributed by atoms with Gasteiger partial charge in [-0.3, -0.25) is 0 Å². The van der Waals surface area contributed by atoms with Crippen LogP contribution in [0.2, 0.25) is 0 Å². The van der Waals surface area contributed by atoms with Gasteiger partial charge in [-0.1, -0.05) is 64.5 Å². The van der Waals surface area contributed by atoms with Crippen molar-refractivity contribution in [3.8, 4) is 11.5 Å². The van der Waals surface area contributed by atoms with Crippen molar-refractivity contribution in [3.05, 3.63) is 53.6 Å². The minimum absolute atomic E-state index is 0.0396. The molecular weight excluding hydrogens is 544 g/mol. The van der Waals surface area contributed by atoms with Gasteiger partial charge >= 0.3 is 5.97 Å². The normalized spacial score (nSPS) is 40.8. The van der Waals surface area contributed by atoms with Crippen LogP contribution in [0.3, 0.4) is 0 Å². The van der Waals surface area contributed by atoms with Gasteiger partial charge in [-0.2, -0.15) is 0 Å². The zero-order chi connectivity index (χ0) is 31.7. The third-order valence-corrected chi connectivity index (χ3v) is 14.5. The first-order valence-electron chi connectivity index (χ1n) is 17.3. The molecule has 0 bridgehead atoms. The lowest BCUT2D eigenvalue weighted by molar-refractivity contribution is -0.179. The molecule has 1 aromatic rings. The Bertz CT molecular complexity index is 1380. The average Bonchev–Trinajstić information content (AvgIpc) is 3.55. The van der Waals surface area contributed by atoms with E-state index in [1.165, 1.54) is 70.1 Å². The second kappa shape index (κ2) is 10.8. The molecule has 4 heteroatoms. The second-order valence-electron chi connectivity index (χ2n) is 16.7. The highest BCUT2D eigenvalue weighted by atomic mass is 16.5. The van der Waals surface area contributed by atoms with Crippen molar-refractivity contribution in [2.45, 2.75) is 112 Å². The zero-order valence-corrected chi connectivity index (χ0v) is 28.5. The Morgan fingerprint density at radius 1 is 0.955 bits per heavy atom. The van der Waals surface area contributed by atoms with Crippen LogP contribution in [-0.4, -0.2) is 24.3 Å². The van der Waals surface area contributed by atoms with E-state index in [0.717, 1.165) is 23.8 Å². The molecule has 0 heterocycles. The second-order valence-corrected chi connectivity index (χ2v) is 16.7. The highest BCUT2D eigenvalue weighted by molar-refractivity contribution is 5.87. The topological polar surface area (TPSA) is 55.8 Å². The van der Waals surface area contributed by atoms with Crippen LogP contribution in [-0.2, 0) is 9.53 Å². The maximum atomic E-state index is 13.1. The lowest BCUT2D eigenvalue weighted by atomic mass is 9.42. The number of hydrogen-bond acceptors (Lipinski definition) is 4. The third-order valence-electron chi connectivity index (χ3n) is 14.5. The Labute approximate surface area is 266 Å². The molecule has 0 aromatic heterocycles. The van der Waals surface area contributed by atoms with Crippen molar-refractivity contribution in [1.29, 1.82) is 0 Å². The van der Waals surface area contributed by atoms with Crippen LogP contribution in [0.4, 0.5) is 0 Å². The number of aromatic hydroxyl groups is 1. The van der Waals surface area contributed by atoms with Gasteiger partial charge in [-0.05, 0) is 141 Å². The number of phenolic OH excluding ortho intramolecular Hbond substituents is 1. The summed E-state index contributed by atoms with van der Waals surface area (Å²) in [4.78, 5) is 13.1. The molecule has 0 amide bonds. The van der Waals surface area contributed by atoms with Gasteiger partial charge in [0, 0.05) is 11.5 Å². The highest BCUT2D eigenvalue weighted by Crippen LogP contribution is 2.89. The molecule has 5 aliphatic rings. The number of esters is 1. The van der Waals surface area contributed by atoms with E-state index >= 15 is 0 Å². The van der Waals surface area contributed by atoms with Crippen LogP contribution in [0.15, 0.2) is 48.1 Å². The molecule has 240 valence electrons. The van der Waals surface area contributed by atoms with Crippen molar-refractivity contribution in [2.75, 3.05) is 7.11 Å². The lowest BCUT2D eigenvalue weighted by Crippen LogP contribution is -2.58. The third kappa shape index (κ3) is 4.55. The molecule has 5 fully saturated rings. The first-order chi connectivity index (χ1) is 20.7. The predicted octanol–water partition coefficient (Wildman–Crippen LogP) is 9.92. The Balaban J connectivity index is 1.16. The number of fused-ring (bicyclic) bond motifs is 2. The monoisotopic (exact) mass is 600 g/mol. The summed E-state index contributed by atoms with van der Waals surface area (Å²) in [5, 5.41) is 9.88. The van der Waals surface area contributed by atoms with Gasteiger partial charge in [0.1, 0.15) is 6.10 Å². The number of allylic oxidation sites excluding steroid dienone is 4.